The Morgan fingerprint density at radius 2 is 2.04 bits per heavy atom. The van der Waals surface area contributed by atoms with Crippen molar-refractivity contribution in [3.05, 3.63) is 24.3 Å². The van der Waals surface area contributed by atoms with E-state index in [0.717, 1.165) is 31.3 Å². The van der Waals surface area contributed by atoms with Crippen LogP contribution in [-0.4, -0.2) is 38.9 Å². The van der Waals surface area contributed by atoms with Crippen LogP contribution in [0.3, 0.4) is 0 Å². The van der Waals surface area contributed by atoms with Crippen LogP contribution >= 0.6 is 0 Å². The summed E-state index contributed by atoms with van der Waals surface area (Å²) >= 11 is 0. The van der Waals surface area contributed by atoms with Crippen molar-refractivity contribution in [2.75, 3.05) is 0 Å². The summed E-state index contributed by atoms with van der Waals surface area (Å²) in [5, 5.41) is 32.7. The second-order valence-corrected chi connectivity index (χ2v) is 10.1. The van der Waals surface area contributed by atoms with E-state index in [2.05, 4.69) is 26.5 Å². The Balaban J connectivity index is 1.76. The van der Waals surface area contributed by atoms with E-state index >= 15 is 0 Å². The minimum absolute atomic E-state index is 0.0429. The largest absolute Gasteiger partial charge is 0.388 e. The Labute approximate surface area is 149 Å². The van der Waals surface area contributed by atoms with Gasteiger partial charge in [0.2, 0.25) is 0 Å². The van der Waals surface area contributed by atoms with Crippen molar-refractivity contribution < 1.29 is 20.1 Å². The molecule has 1 saturated heterocycles. The van der Waals surface area contributed by atoms with Crippen LogP contribution in [0.1, 0.15) is 46.5 Å². The minimum Gasteiger partial charge on any atom is -0.388 e. The van der Waals surface area contributed by atoms with Gasteiger partial charge in [-0.1, -0.05) is 39.5 Å². The maximum absolute atomic E-state index is 11.1. The average molecular weight is 346 g/mol. The van der Waals surface area contributed by atoms with Crippen molar-refractivity contribution in [3.8, 4) is 0 Å². The zero-order chi connectivity index (χ0) is 18.0. The van der Waals surface area contributed by atoms with Gasteiger partial charge in [-0.2, -0.15) is 0 Å². The van der Waals surface area contributed by atoms with Crippen molar-refractivity contribution >= 4 is 0 Å². The van der Waals surface area contributed by atoms with Crippen molar-refractivity contribution in [3.63, 3.8) is 0 Å². The number of ether oxygens (including phenoxy) is 1. The Morgan fingerprint density at radius 1 is 1.32 bits per heavy atom. The highest BCUT2D eigenvalue weighted by molar-refractivity contribution is 5.39. The molecule has 0 aromatic heterocycles. The van der Waals surface area contributed by atoms with E-state index in [9.17, 15) is 15.3 Å². The molecule has 3 N–H and O–H groups in total. The third-order valence-electron chi connectivity index (χ3n) is 8.83. The van der Waals surface area contributed by atoms with Crippen LogP contribution < -0.4 is 0 Å². The Kier molecular flexibility index (Phi) is 2.91. The number of rotatable bonds is 1. The summed E-state index contributed by atoms with van der Waals surface area (Å²) in [5.74, 6) is 0.991. The molecule has 4 nitrogen and oxygen atoms in total. The van der Waals surface area contributed by atoms with Gasteiger partial charge in [0, 0.05) is 5.92 Å². The summed E-state index contributed by atoms with van der Waals surface area (Å²) in [6.07, 6.45) is 5.45. The highest BCUT2D eigenvalue weighted by Gasteiger charge is 2.81. The van der Waals surface area contributed by atoms with Gasteiger partial charge in [0.25, 0.3) is 0 Å². The summed E-state index contributed by atoms with van der Waals surface area (Å²) in [7, 11) is 0. The zero-order valence-corrected chi connectivity index (χ0v) is 15.4. The molecular weight excluding hydrogens is 316 g/mol. The molecule has 4 bridgehead atoms. The molecule has 0 amide bonds. The Bertz CT molecular complexity index is 685. The van der Waals surface area contributed by atoms with Gasteiger partial charge >= 0.3 is 0 Å². The van der Waals surface area contributed by atoms with Gasteiger partial charge in [-0.25, -0.2) is 0 Å². The van der Waals surface area contributed by atoms with E-state index in [1.54, 1.807) is 0 Å². The first-order valence-corrected chi connectivity index (χ1v) is 9.76. The zero-order valence-electron chi connectivity index (χ0n) is 15.4. The molecule has 4 heteroatoms. The second-order valence-electron chi connectivity index (χ2n) is 10.1. The molecule has 0 aromatic rings. The number of aliphatic hydroxyl groups is 3. The SMILES string of the molecule is C=C1C[C@]23CC1(O)CC[C@H]2[C@@]12C=C[C@H](O)[C@@](C)(C(O)O1)C2[C@@H]3C(C)C. The Hall–Kier alpha value is -0.680. The quantitative estimate of drug-likeness (QED) is 0.638. The molecular formula is C21H30O4. The predicted octanol–water partition coefficient (Wildman–Crippen LogP) is 2.39. The fourth-order valence-corrected chi connectivity index (χ4v) is 8.04. The van der Waals surface area contributed by atoms with Crippen LogP contribution in [-0.2, 0) is 4.74 Å². The van der Waals surface area contributed by atoms with E-state index in [1.807, 2.05) is 13.0 Å². The lowest BCUT2D eigenvalue weighted by Crippen LogP contribution is -2.51. The molecule has 4 aliphatic carbocycles. The summed E-state index contributed by atoms with van der Waals surface area (Å²) in [6.45, 7) is 10.7. The fraction of sp³-hybridized carbons (Fsp3) is 0.810. The summed E-state index contributed by atoms with van der Waals surface area (Å²) < 4.78 is 6.33. The van der Waals surface area contributed by atoms with E-state index in [0.29, 0.717) is 5.92 Å². The highest BCUT2D eigenvalue weighted by Crippen LogP contribution is 2.79. The van der Waals surface area contributed by atoms with Crippen LogP contribution in [0.2, 0.25) is 0 Å². The van der Waals surface area contributed by atoms with Gasteiger partial charge in [-0.05, 0) is 54.4 Å². The number of aliphatic hydroxyl groups excluding tert-OH is 2. The lowest BCUT2D eigenvalue weighted by molar-refractivity contribution is -0.190. The molecule has 3 unspecified atom stereocenters. The number of fused-ring (bicyclic) bond motifs is 1. The Morgan fingerprint density at radius 3 is 2.72 bits per heavy atom. The van der Waals surface area contributed by atoms with Crippen molar-refractivity contribution in [1.82, 2.24) is 0 Å². The van der Waals surface area contributed by atoms with E-state index in [4.69, 9.17) is 4.74 Å². The fourth-order valence-electron chi connectivity index (χ4n) is 8.04. The predicted molar refractivity (Wildman–Crippen MR) is 93.4 cm³/mol. The summed E-state index contributed by atoms with van der Waals surface area (Å²) in [4.78, 5) is 0. The van der Waals surface area contributed by atoms with E-state index in [1.165, 1.54) is 0 Å². The van der Waals surface area contributed by atoms with Crippen LogP contribution in [0.15, 0.2) is 24.3 Å². The smallest absolute Gasteiger partial charge is 0.164 e. The monoisotopic (exact) mass is 346 g/mol. The molecule has 138 valence electrons. The van der Waals surface area contributed by atoms with Crippen molar-refractivity contribution in [2.45, 2.75) is 70.1 Å². The van der Waals surface area contributed by atoms with Crippen LogP contribution in [0.4, 0.5) is 0 Å². The standard InChI is InChI=1S/C21H30O4/c1-11(2)15-16-18(4)14(22)6-8-21(16,25-17(18)23)13-5-7-20(24)10-19(13,15)9-12(20)3/h6,8,11,13-17,22-24H,3,5,7,9-10H2,1-2,4H3/t13-,14+,15+,16?,17?,18-,19+,20?,21-/m1/s1. The maximum atomic E-state index is 11.1. The van der Waals surface area contributed by atoms with Crippen molar-refractivity contribution in [2.24, 2.45) is 34.5 Å². The topological polar surface area (TPSA) is 69.9 Å². The van der Waals surface area contributed by atoms with Gasteiger partial charge in [0.1, 0.15) is 0 Å². The van der Waals surface area contributed by atoms with Crippen LogP contribution in [0.25, 0.3) is 0 Å². The molecule has 0 aromatic carbocycles. The van der Waals surface area contributed by atoms with Crippen molar-refractivity contribution in [1.29, 1.82) is 0 Å². The summed E-state index contributed by atoms with van der Waals surface area (Å²) in [6, 6.07) is 0. The van der Waals surface area contributed by atoms with Gasteiger partial charge < -0.3 is 20.1 Å². The lowest BCUT2D eigenvalue weighted by atomic mass is 9.58. The number of hydrogen-bond acceptors (Lipinski definition) is 4. The maximum Gasteiger partial charge on any atom is 0.164 e. The van der Waals surface area contributed by atoms with Gasteiger partial charge in [-0.3, -0.25) is 0 Å². The highest BCUT2D eigenvalue weighted by atomic mass is 16.6. The molecule has 4 fully saturated rings. The summed E-state index contributed by atoms with van der Waals surface area (Å²) in [5.41, 5.74) is -1.03. The first-order chi connectivity index (χ1) is 11.6. The molecule has 5 rings (SSSR count). The van der Waals surface area contributed by atoms with Gasteiger partial charge in [-0.15, -0.1) is 0 Å². The first kappa shape index (κ1) is 16.5. The molecule has 25 heavy (non-hydrogen) atoms. The first-order valence-electron chi connectivity index (χ1n) is 9.76. The van der Waals surface area contributed by atoms with Gasteiger partial charge in [0.15, 0.2) is 6.29 Å². The molecule has 5 aliphatic rings. The molecule has 1 heterocycles. The average Bonchev–Trinajstić information content (AvgIpc) is 2.95. The lowest BCUT2D eigenvalue weighted by Gasteiger charge is -2.47. The third-order valence-corrected chi connectivity index (χ3v) is 8.83. The normalized spacial score (nSPS) is 61.7. The number of hydrogen-bond donors (Lipinski definition) is 3. The molecule has 3 saturated carbocycles. The van der Waals surface area contributed by atoms with Crippen LogP contribution in [0.5, 0.6) is 0 Å². The molecule has 1 aliphatic heterocycles. The molecule has 9 atom stereocenters. The molecule has 0 radical (unpaired) electrons. The van der Waals surface area contributed by atoms with Gasteiger partial charge in [0.05, 0.1) is 22.7 Å². The van der Waals surface area contributed by atoms with E-state index in [-0.39, 0.29) is 23.2 Å². The second kappa shape index (κ2) is 4.41. The minimum atomic E-state index is -0.952. The van der Waals surface area contributed by atoms with Crippen LogP contribution in [0, 0.1) is 34.5 Å². The van der Waals surface area contributed by atoms with E-state index < -0.39 is 29.0 Å². The third kappa shape index (κ3) is 1.53. The molecule has 1 spiro atoms.